The Hall–Kier alpha value is -1.50. The highest BCUT2D eigenvalue weighted by Gasteiger charge is 2.25. The second kappa shape index (κ2) is 6.10. The molecule has 1 atom stereocenters. The lowest BCUT2D eigenvalue weighted by molar-refractivity contribution is -0.142. The van der Waals surface area contributed by atoms with E-state index in [4.69, 9.17) is 5.11 Å². The van der Waals surface area contributed by atoms with Gasteiger partial charge in [0.15, 0.2) is 0 Å². The van der Waals surface area contributed by atoms with Crippen LogP contribution in [0.4, 0.5) is 0 Å². The second-order valence-electron chi connectivity index (χ2n) is 5.70. The van der Waals surface area contributed by atoms with Crippen LogP contribution in [-0.2, 0) is 4.79 Å². The van der Waals surface area contributed by atoms with Crippen LogP contribution in [0.15, 0.2) is 0 Å². The van der Waals surface area contributed by atoms with Crippen molar-refractivity contribution in [3.05, 3.63) is 10.6 Å². The number of hydrogen-bond acceptors (Lipinski definition) is 5. The Balaban J connectivity index is 2.60. The lowest BCUT2D eigenvalue weighted by Crippen LogP contribution is -2.34. The number of nitrogens with zero attached hydrogens (tertiary/aromatic N) is 2. The molecule has 1 heterocycles. The van der Waals surface area contributed by atoms with Gasteiger partial charge < -0.3 is 10.4 Å². The van der Waals surface area contributed by atoms with Gasteiger partial charge in [-0.1, -0.05) is 25.3 Å². The number of hydrogen-bond donors (Lipinski definition) is 2. The fourth-order valence-corrected chi connectivity index (χ4v) is 2.29. The van der Waals surface area contributed by atoms with Gasteiger partial charge in [-0.2, -0.15) is 0 Å². The summed E-state index contributed by atoms with van der Waals surface area (Å²) in [6.45, 7) is 7.73. The first-order valence-corrected chi connectivity index (χ1v) is 6.78. The third kappa shape index (κ3) is 4.94. The van der Waals surface area contributed by atoms with Gasteiger partial charge in [-0.15, -0.1) is 5.10 Å². The molecular weight excluding hydrogens is 266 g/mol. The summed E-state index contributed by atoms with van der Waals surface area (Å²) in [7, 11) is 0. The SMILES string of the molecule is Cc1nnsc1C(=O)NCC(CC(C)(C)C)C(=O)O. The summed E-state index contributed by atoms with van der Waals surface area (Å²) in [6.07, 6.45) is 0.503. The molecule has 0 aromatic carbocycles. The number of carbonyl (C=O) groups excluding carboxylic acids is 1. The molecular formula is C12H19N3O3S. The topological polar surface area (TPSA) is 92.2 Å². The largest absolute Gasteiger partial charge is 0.481 e. The molecule has 106 valence electrons. The maximum absolute atomic E-state index is 11.8. The van der Waals surface area contributed by atoms with Crippen LogP contribution in [0.1, 0.15) is 42.6 Å². The zero-order chi connectivity index (χ0) is 14.6. The summed E-state index contributed by atoms with van der Waals surface area (Å²) in [5.41, 5.74) is 0.459. The highest BCUT2D eigenvalue weighted by atomic mass is 32.1. The summed E-state index contributed by atoms with van der Waals surface area (Å²) in [6, 6.07) is 0. The van der Waals surface area contributed by atoms with E-state index in [0.29, 0.717) is 17.0 Å². The number of carbonyl (C=O) groups is 2. The quantitative estimate of drug-likeness (QED) is 0.859. The van der Waals surface area contributed by atoms with Crippen LogP contribution in [-0.4, -0.2) is 33.1 Å². The molecule has 0 aliphatic rings. The average molecular weight is 285 g/mol. The lowest BCUT2D eigenvalue weighted by Gasteiger charge is -2.23. The molecule has 1 aromatic heterocycles. The number of aryl methyl sites for hydroxylation is 1. The zero-order valence-electron chi connectivity index (χ0n) is 11.6. The number of aromatic nitrogens is 2. The Bertz CT molecular complexity index is 465. The fraction of sp³-hybridized carbons (Fsp3) is 0.667. The summed E-state index contributed by atoms with van der Waals surface area (Å²) in [5, 5.41) is 15.6. The highest BCUT2D eigenvalue weighted by molar-refractivity contribution is 7.07. The number of rotatable bonds is 5. The van der Waals surface area contributed by atoms with Gasteiger partial charge >= 0.3 is 5.97 Å². The fourth-order valence-electron chi connectivity index (χ4n) is 1.72. The van der Waals surface area contributed by atoms with E-state index in [0.717, 1.165) is 11.5 Å². The summed E-state index contributed by atoms with van der Waals surface area (Å²) in [4.78, 5) is 23.4. The Labute approximate surface area is 116 Å². The third-order valence-corrected chi connectivity index (χ3v) is 3.40. The van der Waals surface area contributed by atoms with Crippen molar-refractivity contribution in [2.24, 2.45) is 11.3 Å². The number of carboxylic acid groups (broad SMARTS) is 1. The molecule has 1 aromatic rings. The van der Waals surface area contributed by atoms with E-state index >= 15 is 0 Å². The molecule has 1 amide bonds. The second-order valence-corrected chi connectivity index (χ2v) is 6.45. The van der Waals surface area contributed by atoms with Crippen molar-refractivity contribution in [1.29, 1.82) is 0 Å². The molecule has 0 fully saturated rings. The van der Waals surface area contributed by atoms with Gasteiger partial charge in [0.05, 0.1) is 11.6 Å². The van der Waals surface area contributed by atoms with Gasteiger partial charge in [0.25, 0.3) is 5.91 Å². The zero-order valence-corrected chi connectivity index (χ0v) is 12.4. The number of amides is 1. The van der Waals surface area contributed by atoms with Gasteiger partial charge in [0.1, 0.15) is 4.88 Å². The molecule has 0 saturated heterocycles. The molecule has 19 heavy (non-hydrogen) atoms. The molecule has 1 rings (SSSR count). The molecule has 6 nitrogen and oxygen atoms in total. The van der Waals surface area contributed by atoms with E-state index in [1.54, 1.807) is 6.92 Å². The molecule has 0 saturated carbocycles. The van der Waals surface area contributed by atoms with E-state index in [2.05, 4.69) is 14.9 Å². The van der Waals surface area contributed by atoms with E-state index in [9.17, 15) is 9.59 Å². The summed E-state index contributed by atoms with van der Waals surface area (Å²) in [5.74, 6) is -1.80. The van der Waals surface area contributed by atoms with Crippen molar-refractivity contribution in [3.8, 4) is 0 Å². The van der Waals surface area contributed by atoms with Crippen molar-refractivity contribution in [2.45, 2.75) is 34.1 Å². The number of carboxylic acids is 1. The van der Waals surface area contributed by atoms with E-state index in [-0.39, 0.29) is 17.9 Å². The molecule has 0 aliphatic heterocycles. The van der Waals surface area contributed by atoms with Gasteiger partial charge in [0.2, 0.25) is 0 Å². The van der Waals surface area contributed by atoms with Crippen molar-refractivity contribution in [2.75, 3.05) is 6.54 Å². The number of nitrogens with one attached hydrogen (secondary N) is 1. The molecule has 0 radical (unpaired) electrons. The molecule has 1 unspecified atom stereocenters. The van der Waals surface area contributed by atoms with Gasteiger partial charge in [0, 0.05) is 6.54 Å². The van der Waals surface area contributed by atoms with Crippen LogP contribution >= 0.6 is 11.5 Å². The van der Waals surface area contributed by atoms with Gasteiger partial charge in [-0.25, -0.2) is 0 Å². The first kappa shape index (κ1) is 15.6. The van der Waals surface area contributed by atoms with Crippen molar-refractivity contribution < 1.29 is 14.7 Å². The predicted molar refractivity (Wildman–Crippen MR) is 72.2 cm³/mol. The van der Waals surface area contributed by atoms with E-state index in [1.807, 2.05) is 20.8 Å². The molecule has 2 N–H and O–H groups in total. The van der Waals surface area contributed by atoms with Crippen molar-refractivity contribution >= 4 is 23.4 Å². The Kier molecular flexibility index (Phi) is 4.99. The Morgan fingerprint density at radius 1 is 1.42 bits per heavy atom. The van der Waals surface area contributed by atoms with Crippen LogP contribution in [0, 0.1) is 18.3 Å². The minimum atomic E-state index is -0.894. The van der Waals surface area contributed by atoms with E-state index < -0.39 is 11.9 Å². The van der Waals surface area contributed by atoms with Crippen LogP contribution in [0.3, 0.4) is 0 Å². The predicted octanol–water partition coefficient (Wildman–Crippen LogP) is 1.71. The minimum Gasteiger partial charge on any atom is -0.481 e. The van der Waals surface area contributed by atoms with Crippen LogP contribution < -0.4 is 5.32 Å². The summed E-state index contributed by atoms with van der Waals surface area (Å²) >= 11 is 1.01. The standard InChI is InChI=1S/C12H19N3O3S/c1-7-9(19-15-14-7)10(16)13-6-8(11(17)18)5-12(2,3)4/h8H,5-6H2,1-4H3,(H,13,16)(H,17,18). The molecule has 0 spiro atoms. The molecule has 7 heteroatoms. The minimum absolute atomic E-state index is 0.101. The van der Waals surface area contributed by atoms with Crippen molar-refractivity contribution in [1.82, 2.24) is 14.9 Å². The summed E-state index contributed by atoms with van der Waals surface area (Å²) < 4.78 is 3.68. The smallest absolute Gasteiger partial charge is 0.308 e. The first-order valence-electron chi connectivity index (χ1n) is 6.00. The average Bonchev–Trinajstić information content (AvgIpc) is 2.68. The van der Waals surface area contributed by atoms with Crippen molar-refractivity contribution in [3.63, 3.8) is 0 Å². The maximum Gasteiger partial charge on any atom is 0.308 e. The lowest BCUT2D eigenvalue weighted by atomic mass is 9.84. The third-order valence-electron chi connectivity index (χ3n) is 2.57. The maximum atomic E-state index is 11.8. The highest BCUT2D eigenvalue weighted by Crippen LogP contribution is 2.24. The monoisotopic (exact) mass is 285 g/mol. The van der Waals surface area contributed by atoms with Crippen LogP contribution in [0.25, 0.3) is 0 Å². The Morgan fingerprint density at radius 3 is 2.47 bits per heavy atom. The normalized spacial score (nSPS) is 13.1. The number of aliphatic carboxylic acids is 1. The van der Waals surface area contributed by atoms with Gasteiger partial charge in [-0.3, -0.25) is 9.59 Å². The molecule has 0 bridgehead atoms. The first-order chi connectivity index (χ1) is 8.70. The van der Waals surface area contributed by atoms with Gasteiger partial charge in [-0.05, 0) is 30.3 Å². The van der Waals surface area contributed by atoms with Crippen LogP contribution in [0.2, 0.25) is 0 Å². The van der Waals surface area contributed by atoms with Crippen LogP contribution in [0.5, 0.6) is 0 Å². The van der Waals surface area contributed by atoms with E-state index in [1.165, 1.54) is 0 Å². The Morgan fingerprint density at radius 2 is 2.05 bits per heavy atom. The molecule has 0 aliphatic carbocycles.